The fraction of sp³-hybridized carbons (Fsp3) is 0.316. The molecule has 3 aromatic rings. The average Bonchev–Trinajstić information content (AvgIpc) is 3.43. The fourth-order valence-corrected chi connectivity index (χ4v) is 3.65. The molecule has 0 bridgehead atoms. The molecule has 1 saturated carbocycles. The van der Waals surface area contributed by atoms with Crippen LogP contribution in [0.2, 0.25) is 10.0 Å². The number of pyridine rings is 1. The van der Waals surface area contributed by atoms with Crippen LogP contribution in [0.3, 0.4) is 0 Å². The van der Waals surface area contributed by atoms with Crippen LogP contribution < -0.4 is 5.32 Å². The summed E-state index contributed by atoms with van der Waals surface area (Å²) in [6.07, 6.45) is -0.769. The number of carbonyl (C=O) groups is 1. The molecule has 4 rings (SSSR count). The molecule has 2 aromatic heterocycles. The molecule has 0 unspecified atom stereocenters. The van der Waals surface area contributed by atoms with Crippen LogP contribution in [0.5, 0.6) is 0 Å². The molecule has 1 amide bonds. The first-order valence-electron chi connectivity index (χ1n) is 8.74. The molecule has 1 N–H and O–H groups in total. The Morgan fingerprint density at radius 1 is 1.32 bits per heavy atom. The number of rotatable bonds is 5. The third-order valence-corrected chi connectivity index (χ3v) is 5.20. The molecule has 0 radical (unpaired) electrons. The van der Waals surface area contributed by atoms with Gasteiger partial charge in [-0.15, -0.1) is 0 Å². The predicted octanol–water partition coefficient (Wildman–Crippen LogP) is 5.50. The van der Waals surface area contributed by atoms with Crippen molar-refractivity contribution in [3.8, 4) is 0 Å². The molecule has 0 saturated heterocycles. The minimum Gasteiger partial charge on any atom is -0.323 e. The zero-order valence-electron chi connectivity index (χ0n) is 14.8. The maximum atomic E-state index is 13.6. The van der Waals surface area contributed by atoms with E-state index in [0.29, 0.717) is 38.2 Å². The van der Waals surface area contributed by atoms with E-state index < -0.39 is 12.3 Å². The quantitative estimate of drug-likeness (QED) is 0.587. The van der Waals surface area contributed by atoms with E-state index in [-0.39, 0.29) is 18.0 Å². The number of aromatic nitrogens is 3. The molecule has 5 nitrogen and oxygen atoms in total. The number of halogens is 4. The summed E-state index contributed by atoms with van der Waals surface area (Å²) >= 11 is 11.9. The lowest BCUT2D eigenvalue weighted by Gasteiger charge is -2.09. The molecule has 1 aliphatic rings. The highest BCUT2D eigenvalue weighted by molar-refractivity contribution is 6.36. The summed E-state index contributed by atoms with van der Waals surface area (Å²) in [5.41, 5.74) is 1.66. The third kappa shape index (κ3) is 3.69. The first-order chi connectivity index (χ1) is 13.3. The maximum absolute atomic E-state index is 13.6. The normalized spacial score (nSPS) is 14.1. The number of carbonyl (C=O) groups excluding carboxylic acids is 1. The zero-order valence-corrected chi connectivity index (χ0v) is 16.4. The summed E-state index contributed by atoms with van der Waals surface area (Å²) in [5.74, 6) is -0.196. The number of amides is 1. The molecule has 0 aliphatic heterocycles. The van der Waals surface area contributed by atoms with E-state index in [2.05, 4.69) is 15.4 Å². The number of fused-ring (bicyclic) bond motifs is 1. The summed E-state index contributed by atoms with van der Waals surface area (Å²) in [6.45, 7) is 1.46. The Hall–Kier alpha value is -2.25. The van der Waals surface area contributed by atoms with Gasteiger partial charge in [-0.25, -0.2) is 18.4 Å². The number of anilines is 1. The van der Waals surface area contributed by atoms with Gasteiger partial charge in [-0.2, -0.15) is 5.10 Å². The third-order valence-electron chi connectivity index (χ3n) is 4.66. The van der Waals surface area contributed by atoms with Crippen LogP contribution in [0.1, 0.15) is 42.1 Å². The Kier molecular flexibility index (Phi) is 4.97. The van der Waals surface area contributed by atoms with Crippen molar-refractivity contribution in [1.82, 2.24) is 14.8 Å². The number of hydrogen-bond acceptors (Lipinski definition) is 3. The second kappa shape index (κ2) is 7.29. The van der Waals surface area contributed by atoms with E-state index in [0.717, 1.165) is 12.8 Å². The summed E-state index contributed by atoms with van der Waals surface area (Å²) in [4.78, 5) is 17.0. The molecular weight excluding hydrogens is 409 g/mol. The van der Waals surface area contributed by atoms with E-state index in [4.69, 9.17) is 23.2 Å². The Balaban J connectivity index is 1.67. The van der Waals surface area contributed by atoms with Crippen LogP contribution in [0.15, 0.2) is 24.3 Å². The van der Waals surface area contributed by atoms with Gasteiger partial charge in [-0.3, -0.25) is 4.79 Å². The van der Waals surface area contributed by atoms with Crippen molar-refractivity contribution >= 4 is 45.8 Å². The largest absolute Gasteiger partial charge is 0.323 e. The monoisotopic (exact) mass is 424 g/mol. The first kappa shape index (κ1) is 19.1. The highest BCUT2D eigenvalue weighted by Crippen LogP contribution is 2.41. The molecule has 146 valence electrons. The van der Waals surface area contributed by atoms with Crippen LogP contribution in [0.4, 0.5) is 14.5 Å². The van der Waals surface area contributed by atoms with Crippen molar-refractivity contribution in [2.75, 3.05) is 5.32 Å². The van der Waals surface area contributed by atoms with Crippen LogP contribution in [-0.4, -0.2) is 20.7 Å². The molecule has 0 atom stereocenters. The van der Waals surface area contributed by atoms with Gasteiger partial charge in [0.05, 0.1) is 21.8 Å². The minimum absolute atomic E-state index is 0.0863. The lowest BCUT2D eigenvalue weighted by Crippen LogP contribution is -2.20. The Labute approximate surface area is 169 Å². The molecular formula is C19H16Cl2F2N4O. The van der Waals surface area contributed by atoms with Crippen molar-refractivity contribution in [2.45, 2.75) is 38.7 Å². The summed E-state index contributed by atoms with van der Waals surface area (Å²) in [5, 5.41) is 8.02. The van der Waals surface area contributed by atoms with Gasteiger partial charge in [-0.05, 0) is 44.0 Å². The number of benzene rings is 1. The molecule has 1 aliphatic carbocycles. The number of aryl methyl sites for hydroxylation is 1. The number of alkyl halides is 2. The van der Waals surface area contributed by atoms with E-state index in [1.165, 1.54) is 16.8 Å². The molecule has 1 aromatic carbocycles. The van der Waals surface area contributed by atoms with E-state index >= 15 is 0 Å². The van der Waals surface area contributed by atoms with E-state index in [9.17, 15) is 13.6 Å². The molecule has 1 fully saturated rings. The number of nitrogens with zero attached hydrogens (tertiary/aromatic N) is 3. The smallest absolute Gasteiger partial charge is 0.264 e. The second-order valence-corrected chi connectivity index (χ2v) is 7.67. The standard InChI is InChI=1S/C19H16Cl2F2N4O/c1-9-17-12(18(22)23)7-15(10-2-3-10)25-19(17)27(26-9)8-16(28)24-14-5-4-11(20)6-13(14)21/h4-7,10,18H,2-3,8H2,1H3,(H,24,28). The maximum Gasteiger partial charge on any atom is 0.264 e. The Morgan fingerprint density at radius 2 is 2.07 bits per heavy atom. The van der Waals surface area contributed by atoms with Gasteiger partial charge in [-0.1, -0.05) is 23.2 Å². The van der Waals surface area contributed by atoms with Gasteiger partial charge >= 0.3 is 0 Å². The zero-order chi connectivity index (χ0) is 20.0. The predicted molar refractivity (Wildman–Crippen MR) is 104 cm³/mol. The minimum atomic E-state index is -2.64. The lowest BCUT2D eigenvalue weighted by molar-refractivity contribution is -0.116. The van der Waals surface area contributed by atoms with E-state index in [1.54, 1.807) is 19.1 Å². The van der Waals surface area contributed by atoms with Gasteiger partial charge in [0.25, 0.3) is 6.43 Å². The number of hydrogen-bond donors (Lipinski definition) is 1. The van der Waals surface area contributed by atoms with Gasteiger partial charge in [0, 0.05) is 22.2 Å². The van der Waals surface area contributed by atoms with Crippen molar-refractivity contribution in [2.24, 2.45) is 0 Å². The lowest BCUT2D eigenvalue weighted by atomic mass is 10.1. The van der Waals surface area contributed by atoms with Crippen molar-refractivity contribution in [1.29, 1.82) is 0 Å². The van der Waals surface area contributed by atoms with Crippen molar-refractivity contribution in [3.63, 3.8) is 0 Å². The Morgan fingerprint density at radius 3 is 2.71 bits per heavy atom. The molecule has 28 heavy (non-hydrogen) atoms. The average molecular weight is 425 g/mol. The molecule has 9 heteroatoms. The van der Waals surface area contributed by atoms with Crippen LogP contribution in [-0.2, 0) is 11.3 Å². The van der Waals surface area contributed by atoms with Gasteiger partial charge in [0.1, 0.15) is 6.54 Å². The van der Waals surface area contributed by atoms with Crippen molar-refractivity contribution < 1.29 is 13.6 Å². The van der Waals surface area contributed by atoms with Gasteiger partial charge in [0.15, 0.2) is 5.65 Å². The first-order valence-corrected chi connectivity index (χ1v) is 9.50. The van der Waals surface area contributed by atoms with Crippen LogP contribution in [0.25, 0.3) is 11.0 Å². The van der Waals surface area contributed by atoms with E-state index in [1.807, 2.05) is 0 Å². The highest BCUT2D eigenvalue weighted by atomic mass is 35.5. The van der Waals surface area contributed by atoms with Crippen LogP contribution in [0, 0.1) is 6.92 Å². The van der Waals surface area contributed by atoms with Crippen molar-refractivity contribution in [3.05, 3.63) is 51.3 Å². The highest BCUT2D eigenvalue weighted by Gasteiger charge is 2.29. The van der Waals surface area contributed by atoms with Gasteiger partial charge in [0.2, 0.25) is 5.91 Å². The molecule has 2 heterocycles. The number of nitrogens with one attached hydrogen (secondary N) is 1. The topological polar surface area (TPSA) is 59.8 Å². The fourth-order valence-electron chi connectivity index (χ4n) is 3.19. The summed E-state index contributed by atoms with van der Waals surface area (Å²) < 4.78 is 28.6. The SMILES string of the molecule is Cc1nn(CC(=O)Nc2ccc(Cl)cc2Cl)c2nc(C3CC3)cc(C(F)F)c12. The van der Waals surface area contributed by atoms with Crippen LogP contribution >= 0.6 is 23.2 Å². The second-order valence-electron chi connectivity index (χ2n) is 6.83. The summed E-state index contributed by atoms with van der Waals surface area (Å²) in [6, 6.07) is 6.18. The molecule has 0 spiro atoms. The summed E-state index contributed by atoms with van der Waals surface area (Å²) in [7, 11) is 0. The van der Waals surface area contributed by atoms with Gasteiger partial charge < -0.3 is 5.32 Å². The Bertz CT molecular complexity index is 1080.